The van der Waals surface area contributed by atoms with Crippen molar-refractivity contribution in [3.05, 3.63) is 44.9 Å². The molecule has 1 aliphatic heterocycles. The third kappa shape index (κ3) is 6.00. The van der Waals surface area contributed by atoms with Gasteiger partial charge in [0, 0.05) is 35.0 Å². The maximum Gasteiger partial charge on any atom is 0.505 e. The highest BCUT2D eigenvalue weighted by Crippen LogP contribution is 2.45. The van der Waals surface area contributed by atoms with Crippen LogP contribution in [0.25, 0.3) is 0 Å². The normalized spacial score (nSPS) is 15.1. The summed E-state index contributed by atoms with van der Waals surface area (Å²) < 4.78 is 9.60. The van der Waals surface area contributed by atoms with E-state index < -0.39 is 12.3 Å². The lowest BCUT2D eigenvalue weighted by Gasteiger charge is -2.37. The van der Waals surface area contributed by atoms with Crippen LogP contribution in [0.1, 0.15) is 51.3 Å². The van der Waals surface area contributed by atoms with Crippen molar-refractivity contribution in [1.29, 1.82) is 0 Å². The fourth-order valence-corrected chi connectivity index (χ4v) is 4.60. The van der Waals surface area contributed by atoms with Gasteiger partial charge in [-0.15, -0.1) is 11.3 Å². The first-order valence-electron chi connectivity index (χ1n) is 9.70. The van der Waals surface area contributed by atoms with Crippen molar-refractivity contribution in [3.63, 3.8) is 0 Å². The largest absolute Gasteiger partial charge is 0.505 e. The molecule has 0 saturated heterocycles. The minimum absolute atomic E-state index is 0.0548. The van der Waals surface area contributed by atoms with Gasteiger partial charge in [0.15, 0.2) is 0 Å². The maximum absolute atomic E-state index is 10.8. The summed E-state index contributed by atoms with van der Waals surface area (Å²) >= 11 is 1.63. The molecule has 1 aliphatic rings. The van der Waals surface area contributed by atoms with E-state index in [1.807, 2.05) is 11.4 Å². The summed E-state index contributed by atoms with van der Waals surface area (Å²) in [5.41, 5.74) is 4.31. The second kappa shape index (κ2) is 10.3. The van der Waals surface area contributed by atoms with Crippen LogP contribution in [0.5, 0.6) is 0 Å². The first-order chi connectivity index (χ1) is 13.7. The molecule has 160 valence electrons. The van der Waals surface area contributed by atoms with E-state index in [0.29, 0.717) is 12.8 Å². The van der Waals surface area contributed by atoms with Crippen LogP contribution in [0.2, 0.25) is 0 Å². The van der Waals surface area contributed by atoms with Crippen LogP contribution in [0, 0.1) is 11.8 Å². The number of carboxylic acid groups (broad SMARTS) is 2. The summed E-state index contributed by atoms with van der Waals surface area (Å²) in [7, 11) is 0. The number of nitrogens with one attached hydrogen (secondary N) is 1. The number of ether oxygens (including phenoxy) is 2. The molecular formula is C21H29NO6S. The first kappa shape index (κ1) is 22.8. The quantitative estimate of drug-likeness (QED) is 0.455. The van der Waals surface area contributed by atoms with Crippen molar-refractivity contribution in [2.45, 2.75) is 46.5 Å². The zero-order chi connectivity index (χ0) is 21.6. The van der Waals surface area contributed by atoms with Crippen molar-refractivity contribution in [1.82, 2.24) is 5.32 Å². The van der Waals surface area contributed by atoms with Gasteiger partial charge in [0.25, 0.3) is 0 Å². The average molecular weight is 424 g/mol. The van der Waals surface area contributed by atoms with Crippen molar-refractivity contribution in [3.8, 4) is 0 Å². The Morgan fingerprint density at radius 2 is 1.48 bits per heavy atom. The van der Waals surface area contributed by atoms with E-state index in [1.54, 1.807) is 11.3 Å². The third-order valence-electron chi connectivity index (χ3n) is 4.83. The number of hydrogen-bond acceptors (Lipinski definition) is 6. The number of allylic oxidation sites excluding steroid dienone is 2. The van der Waals surface area contributed by atoms with Crippen LogP contribution in [-0.4, -0.2) is 35.7 Å². The molecule has 0 fully saturated rings. The molecule has 0 radical (unpaired) electrons. The third-order valence-corrected chi connectivity index (χ3v) is 5.77. The molecule has 0 bridgehead atoms. The molecule has 0 spiro atoms. The van der Waals surface area contributed by atoms with Crippen LogP contribution >= 0.6 is 11.3 Å². The molecule has 29 heavy (non-hydrogen) atoms. The van der Waals surface area contributed by atoms with Crippen LogP contribution in [0.3, 0.4) is 0 Å². The molecule has 2 rings (SSSR count). The van der Waals surface area contributed by atoms with Crippen LogP contribution in [-0.2, 0) is 9.47 Å². The van der Waals surface area contributed by atoms with Gasteiger partial charge >= 0.3 is 12.3 Å². The van der Waals surface area contributed by atoms with E-state index in [4.69, 9.17) is 19.7 Å². The Morgan fingerprint density at radius 3 is 1.83 bits per heavy atom. The first-order valence-corrected chi connectivity index (χ1v) is 10.6. The predicted octanol–water partition coefficient (Wildman–Crippen LogP) is 5.42. The van der Waals surface area contributed by atoms with Gasteiger partial charge in [-0.2, -0.15) is 0 Å². The summed E-state index contributed by atoms with van der Waals surface area (Å²) in [6.07, 6.45) is -1.66. The predicted molar refractivity (Wildman–Crippen MR) is 111 cm³/mol. The number of hydrogen-bond donors (Lipinski definition) is 3. The second-order valence-electron chi connectivity index (χ2n) is 7.49. The highest BCUT2D eigenvalue weighted by atomic mass is 32.1. The molecule has 7 nitrogen and oxygen atoms in total. The van der Waals surface area contributed by atoms with Crippen molar-refractivity contribution < 1.29 is 29.3 Å². The lowest BCUT2D eigenvalue weighted by molar-refractivity contribution is 0.0920. The zero-order valence-corrected chi connectivity index (χ0v) is 18.0. The van der Waals surface area contributed by atoms with Gasteiger partial charge in [0.1, 0.15) is 0 Å². The molecule has 0 atom stereocenters. The minimum atomic E-state index is -1.29. The molecule has 0 aliphatic carbocycles. The molecule has 8 heteroatoms. The molecule has 0 unspecified atom stereocenters. The Labute approximate surface area is 175 Å². The lowest BCUT2D eigenvalue weighted by Crippen LogP contribution is -2.32. The summed E-state index contributed by atoms with van der Waals surface area (Å²) in [6, 6.07) is 4.05. The molecule has 1 aromatic rings. The highest BCUT2D eigenvalue weighted by molar-refractivity contribution is 7.10. The fraction of sp³-hybridized carbons (Fsp3) is 0.524. The van der Waals surface area contributed by atoms with Gasteiger partial charge in [-0.1, -0.05) is 33.8 Å². The van der Waals surface area contributed by atoms with Crippen molar-refractivity contribution in [2.75, 3.05) is 13.2 Å². The van der Waals surface area contributed by atoms with Gasteiger partial charge in [0.05, 0.1) is 13.2 Å². The van der Waals surface area contributed by atoms with Crippen LogP contribution in [0.4, 0.5) is 9.59 Å². The van der Waals surface area contributed by atoms with Gasteiger partial charge in [-0.25, -0.2) is 9.59 Å². The topological polar surface area (TPSA) is 105 Å². The lowest BCUT2D eigenvalue weighted by atomic mass is 9.78. The molecule has 3 N–H and O–H groups in total. The van der Waals surface area contributed by atoms with Gasteiger partial charge in [0.2, 0.25) is 0 Å². The number of thiophene rings is 1. The Kier molecular flexibility index (Phi) is 8.13. The number of rotatable bonds is 9. The fourth-order valence-electron chi connectivity index (χ4n) is 3.71. The van der Waals surface area contributed by atoms with Crippen molar-refractivity contribution >= 4 is 23.6 Å². The standard InChI is InChI=1S/C21H29NO6S/c1-12(2)18-14(7-9-27-20(23)24)17(16-6-5-11-29-16)15(8-10-28-21(25)26)19(22-18)13(3)4/h5-6,11-13,17,22H,7-10H2,1-4H3,(H,23,24)(H,25,26). The highest BCUT2D eigenvalue weighted by Gasteiger charge is 2.33. The summed E-state index contributed by atoms with van der Waals surface area (Å²) in [4.78, 5) is 22.8. The number of dihydropyridines is 1. The summed E-state index contributed by atoms with van der Waals surface area (Å²) in [5, 5.41) is 23.3. The van der Waals surface area contributed by atoms with Crippen LogP contribution < -0.4 is 5.32 Å². The van der Waals surface area contributed by atoms with E-state index >= 15 is 0 Å². The Balaban J connectivity index is 2.50. The Morgan fingerprint density at radius 1 is 1.00 bits per heavy atom. The van der Waals surface area contributed by atoms with Gasteiger partial charge < -0.3 is 25.0 Å². The molecule has 0 amide bonds. The van der Waals surface area contributed by atoms with E-state index in [9.17, 15) is 9.59 Å². The van der Waals surface area contributed by atoms with E-state index in [1.165, 1.54) is 0 Å². The SMILES string of the molecule is CC(C)C1=C(CCOC(=O)O)C(c2cccs2)C(CCOC(=O)O)=C(C(C)C)N1. The Bertz CT molecular complexity index is 731. The number of carbonyl (C=O) groups is 2. The average Bonchev–Trinajstić information content (AvgIpc) is 3.14. The molecule has 0 aromatic carbocycles. The minimum Gasteiger partial charge on any atom is -0.450 e. The summed E-state index contributed by atoms with van der Waals surface area (Å²) in [5.74, 6) is 0.367. The molecule has 0 saturated carbocycles. The zero-order valence-electron chi connectivity index (χ0n) is 17.2. The molecule has 1 aromatic heterocycles. The molecule has 2 heterocycles. The maximum atomic E-state index is 10.8. The summed E-state index contributed by atoms with van der Waals surface area (Å²) in [6.45, 7) is 8.54. The smallest absolute Gasteiger partial charge is 0.450 e. The second-order valence-corrected chi connectivity index (χ2v) is 8.47. The van der Waals surface area contributed by atoms with E-state index in [-0.39, 0.29) is 31.0 Å². The van der Waals surface area contributed by atoms with Crippen LogP contribution in [0.15, 0.2) is 40.1 Å². The van der Waals surface area contributed by atoms with E-state index in [0.717, 1.165) is 27.4 Å². The van der Waals surface area contributed by atoms with Crippen molar-refractivity contribution in [2.24, 2.45) is 11.8 Å². The Hall–Kier alpha value is -2.48. The van der Waals surface area contributed by atoms with Gasteiger partial charge in [-0.05, 0) is 34.4 Å². The van der Waals surface area contributed by atoms with Gasteiger partial charge in [-0.3, -0.25) is 0 Å². The monoisotopic (exact) mass is 423 g/mol. The molecular weight excluding hydrogens is 394 g/mol. The van der Waals surface area contributed by atoms with E-state index in [2.05, 4.69) is 39.1 Å².